The Hall–Kier alpha value is -3.74. The van der Waals surface area contributed by atoms with Gasteiger partial charge in [-0.3, -0.25) is 4.79 Å². The Kier molecular flexibility index (Phi) is 4.72. The molecule has 0 aliphatic heterocycles. The summed E-state index contributed by atoms with van der Waals surface area (Å²) in [5.41, 5.74) is 2.40. The summed E-state index contributed by atoms with van der Waals surface area (Å²) in [6.07, 6.45) is 0. The molecule has 0 radical (unpaired) electrons. The minimum Gasteiger partial charge on any atom is -0.361 e. The standard InChI is InChI=1S/C21H19N5O2/c1-15-13-17(24-28-15)14-25(2)21(27)19-22-20(16-9-5-3-6-10-16)26(23-19)18-11-7-4-8-12-18/h3-13H,14H2,1-2H3. The number of para-hydroxylation sites is 1. The summed E-state index contributed by atoms with van der Waals surface area (Å²) in [5, 5.41) is 8.43. The molecule has 0 spiro atoms. The number of carbonyl (C=O) groups excluding carboxylic acids is 1. The molecule has 7 heteroatoms. The first-order valence-electron chi connectivity index (χ1n) is 8.87. The maximum Gasteiger partial charge on any atom is 0.293 e. The van der Waals surface area contributed by atoms with Crippen LogP contribution < -0.4 is 0 Å². The molecule has 4 rings (SSSR count). The molecule has 0 aliphatic rings. The number of hydrogen-bond acceptors (Lipinski definition) is 5. The van der Waals surface area contributed by atoms with E-state index >= 15 is 0 Å². The first-order chi connectivity index (χ1) is 13.6. The minimum absolute atomic E-state index is 0.130. The summed E-state index contributed by atoms with van der Waals surface area (Å²) >= 11 is 0. The molecular formula is C21H19N5O2. The van der Waals surface area contributed by atoms with Gasteiger partial charge in [-0.05, 0) is 19.1 Å². The monoisotopic (exact) mass is 373 g/mol. The van der Waals surface area contributed by atoms with Crippen molar-refractivity contribution < 1.29 is 9.32 Å². The van der Waals surface area contributed by atoms with Gasteiger partial charge in [-0.25, -0.2) is 9.67 Å². The van der Waals surface area contributed by atoms with Crippen LogP contribution >= 0.6 is 0 Å². The molecule has 2 aromatic carbocycles. The third kappa shape index (κ3) is 3.55. The third-order valence-corrected chi connectivity index (χ3v) is 4.25. The molecule has 28 heavy (non-hydrogen) atoms. The van der Waals surface area contributed by atoms with Gasteiger partial charge in [0.05, 0.1) is 12.2 Å². The fraction of sp³-hybridized carbons (Fsp3) is 0.143. The van der Waals surface area contributed by atoms with Gasteiger partial charge >= 0.3 is 0 Å². The van der Waals surface area contributed by atoms with Crippen molar-refractivity contribution in [1.29, 1.82) is 0 Å². The molecule has 4 aromatic rings. The van der Waals surface area contributed by atoms with Crippen LogP contribution in [0, 0.1) is 6.92 Å². The van der Waals surface area contributed by atoms with E-state index in [1.54, 1.807) is 17.8 Å². The Morgan fingerprint density at radius 2 is 1.75 bits per heavy atom. The molecule has 0 unspecified atom stereocenters. The first kappa shape index (κ1) is 17.7. The highest BCUT2D eigenvalue weighted by Crippen LogP contribution is 2.21. The minimum atomic E-state index is -0.285. The van der Waals surface area contributed by atoms with Gasteiger partial charge in [0.25, 0.3) is 5.91 Å². The zero-order valence-corrected chi connectivity index (χ0v) is 15.6. The molecule has 1 amide bonds. The van der Waals surface area contributed by atoms with Crippen LogP contribution in [0.4, 0.5) is 0 Å². The Morgan fingerprint density at radius 1 is 1.07 bits per heavy atom. The number of hydrogen-bond donors (Lipinski definition) is 0. The van der Waals surface area contributed by atoms with Crippen molar-refractivity contribution in [1.82, 2.24) is 24.8 Å². The van der Waals surface area contributed by atoms with E-state index in [1.807, 2.05) is 67.6 Å². The summed E-state index contributed by atoms with van der Waals surface area (Å²) in [7, 11) is 1.69. The number of rotatable bonds is 5. The van der Waals surface area contributed by atoms with Crippen molar-refractivity contribution in [3.05, 3.63) is 84.0 Å². The van der Waals surface area contributed by atoms with Gasteiger partial charge in [-0.2, -0.15) is 0 Å². The third-order valence-electron chi connectivity index (χ3n) is 4.25. The Bertz CT molecular complexity index is 1030. The van der Waals surface area contributed by atoms with Crippen molar-refractivity contribution in [3.8, 4) is 17.1 Å². The highest BCUT2D eigenvalue weighted by molar-refractivity contribution is 5.90. The lowest BCUT2D eigenvalue weighted by Gasteiger charge is -2.12. The van der Waals surface area contributed by atoms with Crippen molar-refractivity contribution in [2.75, 3.05) is 7.05 Å². The molecule has 0 saturated carbocycles. The second kappa shape index (κ2) is 7.48. The number of benzene rings is 2. The van der Waals surface area contributed by atoms with E-state index in [-0.39, 0.29) is 11.7 Å². The second-order valence-corrected chi connectivity index (χ2v) is 6.46. The van der Waals surface area contributed by atoms with Crippen LogP contribution in [0.1, 0.15) is 22.1 Å². The summed E-state index contributed by atoms with van der Waals surface area (Å²) in [6.45, 7) is 2.13. The van der Waals surface area contributed by atoms with E-state index in [1.165, 1.54) is 4.90 Å². The van der Waals surface area contributed by atoms with Crippen LogP contribution in [0.25, 0.3) is 17.1 Å². The Labute approximate surface area is 162 Å². The van der Waals surface area contributed by atoms with E-state index in [0.29, 0.717) is 23.8 Å². The molecule has 0 N–H and O–H groups in total. The smallest absolute Gasteiger partial charge is 0.293 e. The molecule has 7 nitrogen and oxygen atoms in total. The van der Waals surface area contributed by atoms with Gasteiger partial charge in [0.2, 0.25) is 5.82 Å². The molecule has 0 aliphatic carbocycles. The van der Waals surface area contributed by atoms with Crippen LogP contribution in [0.15, 0.2) is 71.3 Å². The van der Waals surface area contributed by atoms with E-state index in [2.05, 4.69) is 15.2 Å². The maximum atomic E-state index is 12.9. The normalized spacial score (nSPS) is 10.8. The van der Waals surface area contributed by atoms with Crippen molar-refractivity contribution in [3.63, 3.8) is 0 Å². The highest BCUT2D eigenvalue weighted by Gasteiger charge is 2.22. The Balaban J connectivity index is 1.69. The van der Waals surface area contributed by atoms with Gasteiger partial charge in [0.15, 0.2) is 5.82 Å². The number of aromatic nitrogens is 4. The van der Waals surface area contributed by atoms with Gasteiger partial charge in [-0.15, -0.1) is 5.10 Å². The van der Waals surface area contributed by atoms with Crippen LogP contribution in [0.5, 0.6) is 0 Å². The molecule has 0 bridgehead atoms. The molecule has 2 heterocycles. The van der Waals surface area contributed by atoms with E-state index in [9.17, 15) is 4.79 Å². The topological polar surface area (TPSA) is 77.1 Å². The van der Waals surface area contributed by atoms with Crippen LogP contribution in [0.2, 0.25) is 0 Å². The van der Waals surface area contributed by atoms with E-state index in [0.717, 1.165) is 11.3 Å². The van der Waals surface area contributed by atoms with Crippen molar-refractivity contribution in [2.45, 2.75) is 13.5 Å². The average Bonchev–Trinajstić information content (AvgIpc) is 3.35. The Morgan fingerprint density at radius 3 is 2.39 bits per heavy atom. The lowest BCUT2D eigenvalue weighted by atomic mass is 10.2. The number of nitrogens with zero attached hydrogens (tertiary/aromatic N) is 5. The van der Waals surface area contributed by atoms with E-state index < -0.39 is 0 Å². The van der Waals surface area contributed by atoms with Crippen molar-refractivity contribution >= 4 is 5.91 Å². The summed E-state index contributed by atoms with van der Waals surface area (Å²) in [5.74, 6) is 1.16. The van der Waals surface area contributed by atoms with E-state index in [4.69, 9.17) is 4.52 Å². The maximum absolute atomic E-state index is 12.9. The summed E-state index contributed by atoms with van der Waals surface area (Å²) < 4.78 is 6.76. The zero-order chi connectivity index (χ0) is 19.5. The van der Waals surface area contributed by atoms with Gasteiger partial charge < -0.3 is 9.42 Å². The number of amides is 1. The molecule has 0 fully saturated rings. The van der Waals surface area contributed by atoms with Gasteiger partial charge in [-0.1, -0.05) is 53.7 Å². The molecule has 140 valence electrons. The molecule has 0 saturated heterocycles. The quantitative estimate of drug-likeness (QED) is 0.535. The van der Waals surface area contributed by atoms with Crippen LogP contribution in [0.3, 0.4) is 0 Å². The lowest BCUT2D eigenvalue weighted by molar-refractivity contribution is 0.0770. The SMILES string of the molecule is Cc1cc(CN(C)C(=O)c2nc(-c3ccccc3)n(-c3ccccc3)n2)no1. The van der Waals surface area contributed by atoms with Crippen LogP contribution in [-0.2, 0) is 6.54 Å². The van der Waals surface area contributed by atoms with Gasteiger partial charge in [0, 0.05) is 18.7 Å². The second-order valence-electron chi connectivity index (χ2n) is 6.46. The lowest BCUT2D eigenvalue weighted by Crippen LogP contribution is -2.27. The fourth-order valence-electron chi connectivity index (χ4n) is 2.90. The largest absolute Gasteiger partial charge is 0.361 e. The molecule has 0 atom stereocenters. The number of aryl methyl sites for hydroxylation is 1. The summed E-state index contributed by atoms with van der Waals surface area (Å²) in [4.78, 5) is 19.0. The van der Waals surface area contributed by atoms with Crippen molar-refractivity contribution in [2.24, 2.45) is 0 Å². The molecule has 2 aromatic heterocycles. The highest BCUT2D eigenvalue weighted by atomic mass is 16.5. The summed E-state index contributed by atoms with van der Waals surface area (Å²) in [6, 6.07) is 21.1. The first-order valence-corrected chi connectivity index (χ1v) is 8.87. The predicted molar refractivity (Wildman–Crippen MR) is 104 cm³/mol. The zero-order valence-electron chi connectivity index (χ0n) is 15.6. The fourth-order valence-corrected chi connectivity index (χ4v) is 2.90. The van der Waals surface area contributed by atoms with Crippen LogP contribution in [-0.4, -0.2) is 37.8 Å². The predicted octanol–water partition coefficient (Wildman–Crippen LogP) is 3.50. The van der Waals surface area contributed by atoms with Gasteiger partial charge in [0.1, 0.15) is 11.5 Å². The number of carbonyl (C=O) groups is 1. The molecular weight excluding hydrogens is 354 g/mol. The average molecular weight is 373 g/mol.